The molecule has 0 radical (unpaired) electrons. The fourth-order valence-corrected chi connectivity index (χ4v) is 3.09. The van der Waals surface area contributed by atoms with E-state index in [-0.39, 0.29) is 34.8 Å². The lowest BCUT2D eigenvalue weighted by molar-refractivity contribution is -0.143. The number of nitrogens with zero attached hydrogens (tertiary/aromatic N) is 3. The second-order valence-electron chi connectivity index (χ2n) is 6.40. The van der Waals surface area contributed by atoms with Crippen LogP contribution in [0.15, 0.2) is 41.9 Å². The van der Waals surface area contributed by atoms with E-state index in [9.17, 15) is 31.1 Å². The second kappa shape index (κ2) is 9.66. The molecule has 0 bridgehead atoms. The summed E-state index contributed by atoms with van der Waals surface area (Å²) in [6.45, 7) is -0.387. The normalized spacial score (nSPS) is 11.7. The van der Waals surface area contributed by atoms with Crippen molar-refractivity contribution >= 4 is 46.3 Å². The summed E-state index contributed by atoms with van der Waals surface area (Å²) in [5.41, 5.74) is -2.60. The number of thiocarbonyl (C=S) groups is 1. The van der Waals surface area contributed by atoms with Crippen molar-refractivity contribution in [2.45, 2.75) is 18.9 Å². The lowest BCUT2D eigenvalue weighted by Crippen LogP contribution is -2.28. The van der Waals surface area contributed by atoms with Gasteiger partial charge in [-0.15, -0.1) is 5.10 Å². The minimum atomic E-state index is -4.94. The first-order valence-electron chi connectivity index (χ1n) is 8.79. The molecule has 1 amide bonds. The van der Waals surface area contributed by atoms with Crippen LogP contribution in [0, 0.1) is 0 Å². The Labute approximate surface area is 191 Å². The van der Waals surface area contributed by atoms with E-state index in [1.807, 2.05) is 0 Å². The molecule has 0 atom stereocenters. The summed E-state index contributed by atoms with van der Waals surface area (Å²) < 4.78 is 81.3. The zero-order valence-corrected chi connectivity index (χ0v) is 17.7. The van der Waals surface area contributed by atoms with E-state index >= 15 is 0 Å². The first-order chi connectivity index (χ1) is 15.4. The summed E-state index contributed by atoms with van der Waals surface area (Å²) in [5.74, 6) is -0.297. The number of benzene rings is 1. The van der Waals surface area contributed by atoms with Gasteiger partial charge in [-0.25, -0.2) is 4.98 Å². The summed E-state index contributed by atoms with van der Waals surface area (Å²) in [6.07, 6.45) is -8.56. The van der Waals surface area contributed by atoms with Crippen molar-refractivity contribution in [2.75, 3.05) is 10.6 Å². The molecule has 3 N–H and O–H groups in total. The smallest absolute Gasteiger partial charge is 0.358 e. The van der Waals surface area contributed by atoms with E-state index < -0.39 is 29.4 Å². The molecule has 2 heterocycles. The lowest BCUT2D eigenvalue weighted by Gasteiger charge is -2.15. The van der Waals surface area contributed by atoms with Crippen molar-refractivity contribution < 1.29 is 31.1 Å². The largest absolute Gasteiger partial charge is 0.416 e. The number of hydrogen-bond acceptors (Lipinski definition) is 6. The molecule has 2 aromatic heterocycles. The van der Waals surface area contributed by atoms with Gasteiger partial charge in [0.15, 0.2) is 10.8 Å². The minimum Gasteiger partial charge on any atom is -0.358 e. The quantitative estimate of drug-likeness (QED) is 0.341. The fourth-order valence-electron chi connectivity index (χ4n) is 2.46. The second-order valence-corrected chi connectivity index (χ2v) is 7.42. The highest BCUT2D eigenvalue weighted by atomic mass is 32.1. The number of amides is 1. The van der Waals surface area contributed by atoms with Gasteiger partial charge in [0.1, 0.15) is 5.82 Å². The van der Waals surface area contributed by atoms with Gasteiger partial charge in [0.05, 0.1) is 23.0 Å². The molecular weight excluding hydrogens is 494 g/mol. The number of carbonyl (C=O) groups excluding carboxylic acids is 1. The van der Waals surface area contributed by atoms with Gasteiger partial charge in [0.25, 0.3) is 5.91 Å². The summed E-state index contributed by atoms with van der Waals surface area (Å²) in [7, 11) is 0. The van der Waals surface area contributed by atoms with Crippen LogP contribution >= 0.6 is 23.8 Å². The molecule has 0 unspecified atom stereocenters. The van der Waals surface area contributed by atoms with Crippen LogP contribution in [-0.2, 0) is 18.9 Å². The Morgan fingerprint density at radius 2 is 1.67 bits per heavy atom. The predicted octanol–water partition coefficient (Wildman–Crippen LogP) is 4.71. The van der Waals surface area contributed by atoms with Crippen molar-refractivity contribution in [2.24, 2.45) is 0 Å². The Morgan fingerprint density at radius 3 is 2.18 bits per heavy atom. The molecule has 3 rings (SSSR count). The molecule has 3 aromatic rings. The van der Waals surface area contributed by atoms with Crippen LogP contribution in [0.2, 0.25) is 0 Å². The van der Waals surface area contributed by atoms with Gasteiger partial charge in [-0.1, -0.05) is 4.49 Å². The number of nitrogens with one attached hydrogen (secondary N) is 3. The van der Waals surface area contributed by atoms with Crippen LogP contribution < -0.4 is 16.0 Å². The summed E-state index contributed by atoms with van der Waals surface area (Å²) in [6, 6.07) is 4.23. The topological polar surface area (TPSA) is 91.8 Å². The maximum Gasteiger partial charge on any atom is 0.416 e. The van der Waals surface area contributed by atoms with Gasteiger partial charge in [-0.2, -0.15) is 26.3 Å². The average molecular weight is 506 g/mol. The summed E-state index contributed by atoms with van der Waals surface area (Å²) in [5, 5.41) is 12.7. The molecule has 0 saturated heterocycles. The first-order valence-corrected chi connectivity index (χ1v) is 10.0. The first kappa shape index (κ1) is 24.3. The molecule has 0 saturated carbocycles. The van der Waals surface area contributed by atoms with Crippen LogP contribution in [0.25, 0.3) is 0 Å². The number of hydrogen-bond donors (Lipinski definition) is 3. The number of rotatable bonds is 5. The Hall–Kier alpha value is -3.33. The zero-order chi connectivity index (χ0) is 24.2. The van der Waals surface area contributed by atoms with E-state index in [0.29, 0.717) is 17.8 Å². The third-order valence-electron chi connectivity index (χ3n) is 3.96. The Kier molecular flexibility index (Phi) is 7.12. The van der Waals surface area contributed by atoms with Crippen LogP contribution in [0.1, 0.15) is 27.2 Å². The van der Waals surface area contributed by atoms with Crippen LogP contribution in [0.4, 0.5) is 37.8 Å². The molecule has 15 heteroatoms. The van der Waals surface area contributed by atoms with Gasteiger partial charge in [-0.05, 0) is 59.6 Å². The van der Waals surface area contributed by atoms with E-state index in [2.05, 4.69) is 30.5 Å². The third kappa shape index (κ3) is 6.82. The van der Waals surface area contributed by atoms with Crippen molar-refractivity contribution in [3.63, 3.8) is 0 Å². The van der Waals surface area contributed by atoms with E-state index in [4.69, 9.17) is 12.2 Å². The number of halogens is 6. The summed E-state index contributed by atoms with van der Waals surface area (Å²) >= 11 is 6.04. The number of alkyl halides is 6. The molecule has 0 aliphatic heterocycles. The highest BCUT2D eigenvalue weighted by molar-refractivity contribution is 7.80. The Balaban J connectivity index is 1.60. The number of aromatic nitrogens is 3. The zero-order valence-electron chi connectivity index (χ0n) is 16.1. The maximum absolute atomic E-state index is 12.9. The molecule has 0 fully saturated rings. The van der Waals surface area contributed by atoms with Gasteiger partial charge in [-0.3, -0.25) is 4.79 Å². The molecule has 174 valence electrons. The highest BCUT2D eigenvalue weighted by Gasteiger charge is 2.36. The third-order valence-corrected chi connectivity index (χ3v) is 4.71. The molecule has 0 aliphatic rings. The molecule has 7 nitrogen and oxygen atoms in total. The molecule has 0 spiro atoms. The lowest BCUT2D eigenvalue weighted by atomic mass is 10.0. The number of pyridine rings is 1. The molecule has 0 aliphatic carbocycles. The van der Waals surface area contributed by atoms with Crippen molar-refractivity contribution in [1.82, 2.24) is 19.9 Å². The molecule has 33 heavy (non-hydrogen) atoms. The highest BCUT2D eigenvalue weighted by Crippen LogP contribution is 2.36. The fraction of sp³-hybridized carbons (Fsp3) is 0.167. The summed E-state index contributed by atoms with van der Waals surface area (Å²) in [4.78, 5) is 15.9. The maximum atomic E-state index is 12.9. The van der Waals surface area contributed by atoms with Gasteiger partial charge in [0.2, 0.25) is 0 Å². The SMILES string of the molecule is O=C(Nc1ccc(NC(=S)NCc2cc(C(F)(F)F)cc(C(F)(F)F)c2)cn1)c1csnn1. The van der Waals surface area contributed by atoms with E-state index in [1.165, 1.54) is 23.7 Å². The van der Waals surface area contributed by atoms with E-state index in [1.54, 1.807) is 0 Å². The van der Waals surface area contributed by atoms with Crippen LogP contribution in [0.3, 0.4) is 0 Å². The standard InChI is InChI=1S/C18H12F6N6OS2/c19-17(20,21)10-3-9(4-11(5-10)18(22,23)24)6-26-16(32)27-12-1-2-14(25-7-12)28-15(31)13-8-33-30-29-13/h1-5,7-8H,6H2,(H,25,28,31)(H2,26,27,32). The van der Waals surface area contributed by atoms with Crippen molar-refractivity contribution in [1.29, 1.82) is 0 Å². The van der Waals surface area contributed by atoms with Crippen molar-refractivity contribution in [3.8, 4) is 0 Å². The van der Waals surface area contributed by atoms with Crippen molar-refractivity contribution in [3.05, 3.63) is 64.3 Å². The number of carbonyl (C=O) groups is 1. The molecule has 1 aromatic carbocycles. The Bertz CT molecular complexity index is 1100. The molecular formula is C18H12F6N6OS2. The van der Waals surface area contributed by atoms with Crippen LogP contribution in [-0.4, -0.2) is 25.6 Å². The van der Waals surface area contributed by atoms with Crippen LogP contribution in [0.5, 0.6) is 0 Å². The van der Waals surface area contributed by atoms with Gasteiger partial charge in [0, 0.05) is 11.9 Å². The predicted molar refractivity (Wildman–Crippen MR) is 112 cm³/mol. The van der Waals surface area contributed by atoms with E-state index in [0.717, 1.165) is 11.5 Å². The Morgan fingerprint density at radius 1 is 1.00 bits per heavy atom. The van der Waals surface area contributed by atoms with Gasteiger partial charge < -0.3 is 16.0 Å². The average Bonchev–Trinajstić information content (AvgIpc) is 3.27. The monoisotopic (exact) mass is 506 g/mol. The minimum absolute atomic E-state index is 0.0526. The van der Waals surface area contributed by atoms with Gasteiger partial charge >= 0.3 is 12.4 Å². The number of anilines is 2.